The summed E-state index contributed by atoms with van der Waals surface area (Å²) in [5.41, 5.74) is 0.0792. The van der Waals surface area contributed by atoms with Crippen molar-refractivity contribution in [1.29, 1.82) is 0 Å². The number of carboxylic acids is 2. The normalized spacial score (nSPS) is 10.1. The lowest BCUT2D eigenvalue weighted by molar-refractivity contribution is -0.147. The zero-order valence-corrected chi connectivity index (χ0v) is 15.5. The number of carbonyl (C=O) groups is 6. The summed E-state index contributed by atoms with van der Waals surface area (Å²) in [6.07, 6.45) is 0. The van der Waals surface area contributed by atoms with Crippen LogP contribution in [0.5, 0.6) is 0 Å². The van der Waals surface area contributed by atoms with Crippen molar-refractivity contribution < 1.29 is 48.7 Å². The van der Waals surface area contributed by atoms with Gasteiger partial charge in [-0.05, 0) is 10.8 Å². The summed E-state index contributed by atoms with van der Waals surface area (Å²) >= 11 is 0. The molecule has 0 radical (unpaired) electrons. The molecule has 0 heterocycles. The van der Waals surface area contributed by atoms with Gasteiger partial charge in [0, 0.05) is 13.8 Å². The number of benzene rings is 2. The van der Waals surface area contributed by atoms with Gasteiger partial charge in [0.05, 0.1) is 22.3 Å². The van der Waals surface area contributed by atoms with Gasteiger partial charge >= 0.3 is 23.9 Å². The Morgan fingerprint density at radius 3 is 1.47 bits per heavy atom. The third kappa shape index (κ3) is 4.32. The highest BCUT2D eigenvalue weighted by molar-refractivity contribution is 6.25. The number of carboxylic acid groups (broad SMARTS) is 2. The number of nitrogens with one attached hydrogen (secondary N) is 2. The van der Waals surface area contributed by atoms with Gasteiger partial charge in [0.25, 0.3) is 11.8 Å². The van der Waals surface area contributed by atoms with Crippen LogP contribution in [0.25, 0.3) is 10.8 Å². The molecule has 0 aliphatic rings. The number of aromatic carboxylic acids is 2. The van der Waals surface area contributed by atoms with E-state index in [4.69, 9.17) is 0 Å². The quantitative estimate of drug-likeness (QED) is 0.514. The van der Waals surface area contributed by atoms with Crippen LogP contribution >= 0.6 is 0 Å². The maximum Gasteiger partial charge on any atom is 0.337 e. The summed E-state index contributed by atoms with van der Waals surface area (Å²) in [4.78, 5) is 79.8. The van der Waals surface area contributed by atoms with Gasteiger partial charge in [-0.15, -0.1) is 0 Å². The minimum atomic E-state index is -1.84. The Kier molecular flexibility index (Phi) is 6.32. The molecule has 0 spiro atoms. The molecule has 4 N–H and O–H groups in total. The Labute approximate surface area is 167 Å². The van der Waals surface area contributed by atoms with Crippen LogP contribution < -0.4 is 11.0 Å². The standard InChI is InChI=1S/C18H14N2O10/c1-7(21)29-19-15(23)11-9-5-3-4-6-10(9)12(17(25)26)14(18(27)28)13(11)16(24)20-30-8(2)22/h3-6H,1-2H3,(H,19,23)(H,20,24)(H,25,26)(H,27,28). The van der Waals surface area contributed by atoms with Crippen LogP contribution in [-0.2, 0) is 19.3 Å². The van der Waals surface area contributed by atoms with Gasteiger partial charge < -0.3 is 19.9 Å². The molecule has 0 aromatic heterocycles. The first-order chi connectivity index (χ1) is 14.1. The molecule has 12 nitrogen and oxygen atoms in total. The molecule has 30 heavy (non-hydrogen) atoms. The summed E-state index contributed by atoms with van der Waals surface area (Å²) < 4.78 is 0. The molecule has 0 unspecified atom stereocenters. The monoisotopic (exact) mass is 418 g/mol. The second-order valence-corrected chi connectivity index (χ2v) is 5.71. The van der Waals surface area contributed by atoms with Gasteiger partial charge in [-0.3, -0.25) is 19.2 Å². The Balaban J connectivity index is 2.95. The largest absolute Gasteiger partial charge is 0.478 e. The van der Waals surface area contributed by atoms with Crippen molar-refractivity contribution in [2.45, 2.75) is 13.8 Å². The van der Waals surface area contributed by atoms with Crippen LogP contribution in [-0.4, -0.2) is 45.9 Å². The molecule has 0 aliphatic heterocycles. The van der Waals surface area contributed by atoms with Gasteiger partial charge in [0.15, 0.2) is 0 Å². The molecule has 0 atom stereocenters. The first-order valence-electron chi connectivity index (χ1n) is 8.07. The fraction of sp³-hybridized carbons (Fsp3) is 0.111. The molecule has 2 amide bonds. The third-order valence-electron chi connectivity index (χ3n) is 3.67. The number of hydrogen-bond acceptors (Lipinski definition) is 8. The Bertz CT molecular complexity index is 1110. The Morgan fingerprint density at radius 1 is 0.667 bits per heavy atom. The van der Waals surface area contributed by atoms with Crippen molar-refractivity contribution >= 4 is 46.5 Å². The van der Waals surface area contributed by atoms with Crippen LogP contribution in [0.15, 0.2) is 24.3 Å². The fourth-order valence-corrected chi connectivity index (χ4v) is 2.68. The maximum atomic E-state index is 12.7. The number of fused-ring (bicyclic) bond motifs is 1. The Morgan fingerprint density at radius 2 is 1.07 bits per heavy atom. The van der Waals surface area contributed by atoms with Crippen LogP contribution in [0, 0.1) is 0 Å². The van der Waals surface area contributed by atoms with Crippen LogP contribution in [0.4, 0.5) is 0 Å². The molecule has 2 aromatic carbocycles. The topological polar surface area (TPSA) is 185 Å². The number of hydrogen-bond donors (Lipinski definition) is 4. The van der Waals surface area contributed by atoms with Gasteiger partial charge in [0.2, 0.25) is 0 Å². The summed E-state index contributed by atoms with van der Waals surface area (Å²) in [6.45, 7) is 1.92. The van der Waals surface area contributed by atoms with Gasteiger partial charge in [0.1, 0.15) is 0 Å². The number of hydroxylamine groups is 2. The van der Waals surface area contributed by atoms with E-state index in [1.165, 1.54) is 24.3 Å². The second-order valence-electron chi connectivity index (χ2n) is 5.71. The first kappa shape index (κ1) is 21.8. The van der Waals surface area contributed by atoms with Gasteiger partial charge in [-0.1, -0.05) is 24.3 Å². The minimum Gasteiger partial charge on any atom is -0.478 e. The molecule has 0 aliphatic carbocycles. The predicted molar refractivity (Wildman–Crippen MR) is 96.3 cm³/mol. The second kappa shape index (κ2) is 8.68. The lowest BCUT2D eigenvalue weighted by atomic mass is 9.88. The van der Waals surface area contributed by atoms with Crippen molar-refractivity contribution in [2.75, 3.05) is 0 Å². The average molecular weight is 418 g/mol. The fourth-order valence-electron chi connectivity index (χ4n) is 2.68. The van der Waals surface area contributed by atoms with E-state index in [2.05, 4.69) is 9.68 Å². The van der Waals surface area contributed by atoms with E-state index in [1.807, 2.05) is 0 Å². The minimum absolute atomic E-state index is 0.127. The van der Waals surface area contributed by atoms with Crippen molar-refractivity contribution in [2.24, 2.45) is 0 Å². The zero-order chi connectivity index (χ0) is 22.6. The SMILES string of the molecule is CC(=O)ONC(=O)c1c(C(=O)O)c(C(=O)O)c2ccccc2c1C(=O)NOC(C)=O. The van der Waals surface area contributed by atoms with E-state index < -0.39 is 57.9 Å². The molecule has 156 valence electrons. The summed E-state index contributed by atoms with van der Waals surface area (Å²) in [7, 11) is 0. The van der Waals surface area contributed by atoms with Crippen molar-refractivity contribution in [3.8, 4) is 0 Å². The molecule has 2 rings (SSSR count). The first-order valence-corrected chi connectivity index (χ1v) is 8.07. The van der Waals surface area contributed by atoms with E-state index in [-0.39, 0.29) is 10.8 Å². The molecule has 0 saturated heterocycles. The lowest BCUT2D eigenvalue weighted by Gasteiger charge is -2.17. The highest BCUT2D eigenvalue weighted by Gasteiger charge is 2.34. The van der Waals surface area contributed by atoms with Crippen LogP contribution in [0.1, 0.15) is 55.3 Å². The molecule has 2 aromatic rings. The van der Waals surface area contributed by atoms with E-state index >= 15 is 0 Å². The van der Waals surface area contributed by atoms with Gasteiger partial charge in [-0.25, -0.2) is 9.59 Å². The lowest BCUT2D eigenvalue weighted by Crippen LogP contribution is -2.34. The molecule has 12 heteroatoms. The maximum absolute atomic E-state index is 12.7. The molecular formula is C18H14N2O10. The molecule has 0 fully saturated rings. The van der Waals surface area contributed by atoms with E-state index in [0.29, 0.717) is 0 Å². The predicted octanol–water partition coefficient (Wildman–Crippen LogP) is 0.652. The summed E-state index contributed by atoms with van der Waals surface area (Å²) in [6, 6.07) is 5.30. The van der Waals surface area contributed by atoms with Crippen molar-refractivity contribution in [1.82, 2.24) is 11.0 Å². The zero-order valence-electron chi connectivity index (χ0n) is 15.5. The van der Waals surface area contributed by atoms with E-state index in [0.717, 1.165) is 13.8 Å². The molecule has 0 saturated carbocycles. The van der Waals surface area contributed by atoms with Crippen LogP contribution in [0.3, 0.4) is 0 Å². The molecular weight excluding hydrogens is 404 g/mol. The highest BCUT2D eigenvalue weighted by atomic mass is 16.7. The highest BCUT2D eigenvalue weighted by Crippen LogP contribution is 2.31. The number of carbonyl (C=O) groups excluding carboxylic acids is 4. The van der Waals surface area contributed by atoms with Gasteiger partial charge in [-0.2, -0.15) is 11.0 Å². The Hall–Kier alpha value is -4.48. The van der Waals surface area contributed by atoms with E-state index in [9.17, 15) is 39.0 Å². The number of amides is 2. The smallest absolute Gasteiger partial charge is 0.337 e. The summed E-state index contributed by atoms with van der Waals surface area (Å²) in [5.74, 6) is -8.01. The van der Waals surface area contributed by atoms with E-state index in [1.54, 1.807) is 11.0 Å². The molecule has 0 bridgehead atoms. The average Bonchev–Trinajstić information content (AvgIpc) is 2.67. The van der Waals surface area contributed by atoms with Crippen molar-refractivity contribution in [3.63, 3.8) is 0 Å². The summed E-state index contributed by atoms with van der Waals surface area (Å²) in [5, 5.41) is 18.9. The van der Waals surface area contributed by atoms with Crippen molar-refractivity contribution in [3.05, 3.63) is 46.5 Å². The number of rotatable bonds is 4. The van der Waals surface area contributed by atoms with Crippen LogP contribution in [0.2, 0.25) is 0 Å². The third-order valence-corrected chi connectivity index (χ3v) is 3.67.